The van der Waals surface area contributed by atoms with Crippen LogP contribution < -0.4 is 0 Å². The summed E-state index contributed by atoms with van der Waals surface area (Å²) in [5.41, 5.74) is 0. The van der Waals surface area contributed by atoms with Gasteiger partial charge in [-0.1, -0.05) is 0 Å². The van der Waals surface area contributed by atoms with E-state index < -0.39 is 0 Å². The molecular formula is C12H19BrN2OS. The Morgan fingerprint density at radius 1 is 1.35 bits per heavy atom. The average Bonchev–Trinajstić information content (AvgIpc) is 2.75. The first-order chi connectivity index (χ1) is 8.15. The van der Waals surface area contributed by atoms with Gasteiger partial charge in [0.15, 0.2) is 0 Å². The molecule has 0 aromatic carbocycles. The Labute approximate surface area is 115 Å². The second-order valence-electron chi connectivity index (χ2n) is 4.59. The van der Waals surface area contributed by atoms with Gasteiger partial charge in [0.25, 0.3) is 0 Å². The second-order valence-corrected chi connectivity index (χ2v) is 7.09. The fourth-order valence-electron chi connectivity index (χ4n) is 2.03. The Morgan fingerprint density at radius 2 is 2.06 bits per heavy atom. The van der Waals surface area contributed by atoms with Crippen molar-refractivity contribution in [3.63, 3.8) is 0 Å². The normalized spacial score (nSPS) is 20.6. The molecule has 3 nitrogen and oxygen atoms in total. The third-order valence-electron chi connectivity index (χ3n) is 3.24. The van der Waals surface area contributed by atoms with Crippen LogP contribution in [0.2, 0.25) is 0 Å². The zero-order chi connectivity index (χ0) is 12.3. The number of hydrogen-bond acceptors (Lipinski definition) is 4. The van der Waals surface area contributed by atoms with E-state index in [1.807, 2.05) is 12.1 Å². The molecule has 0 spiro atoms. The lowest BCUT2D eigenvalue weighted by Gasteiger charge is -2.32. The largest absolute Gasteiger partial charge is 0.388 e. The molecule has 2 rings (SSSR count). The summed E-state index contributed by atoms with van der Waals surface area (Å²) in [4.78, 5) is 5.85. The van der Waals surface area contributed by atoms with Crippen molar-refractivity contribution >= 4 is 27.3 Å². The monoisotopic (exact) mass is 318 g/mol. The van der Waals surface area contributed by atoms with Crippen LogP contribution in [-0.4, -0.2) is 54.7 Å². The lowest BCUT2D eigenvalue weighted by molar-refractivity contribution is 0.114. The average molecular weight is 319 g/mol. The summed E-state index contributed by atoms with van der Waals surface area (Å²) in [5, 5.41) is 10.1. The van der Waals surface area contributed by atoms with E-state index in [-0.39, 0.29) is 6.10 Å². The van der Waals surface area contributed by atoms with E-state index >= 15 is 0 Å². The van der Waals surface area contributed by atoms with Crippen molar-refractivity contribution < 1.29 is 5.11 Å². The van der Waals surface area contributed by atoms with Crippen molar-refractivity contribution in [1.82, 2.24) is 9.80 Å². The fraction of sp³-hybridized carbons (Fsp3) is 0.667. The summed E-state index contributed by atoms with van der Waals surface area (Å²) in [5.74, 6) is 0. The van der Waals surface area contributed by atoms with Crippen LogP contribution in [0.4, 0.5) is 0 Å². The Hall–Kier alpha value is 0.0600. The van der Waals surface area contributed by atoms with Crippen LogP contribution >= 0.6 is 27.3 Å². The van der Waals surface area contributed by atoms with Gasteiger partial charge in [-0.05, 0) is 41.5 Å². The van der Waals surface area contributed by atoms with Crippen molar-refractivity contribution in [2.45, 2.75) is 12.5 Å². The summed E-state index contributed by atoms with van der Waals surface area (Å²) in [6.45, 7) is 5.51. The zero-order valence-corrected chi connectivity index (χ0v) is 12.5. The van der Waals surface area contributed by atoms with Crippen LogP contribution in [0.3, 0.4) is 0 Å². The quantitative estimate of drug-likeness (QED) is 0.921. The number of likely N-dealkylation sites (N-methyl/N-ethyl adjacent to an activating group) is 1. The molecular weight excluding hydrogens is 300 g/mol. The van der Waals surface area contributed by atoms with E-state index in [1.165, 1.54) is 0 Å². The smallest absolute Gasteiger partial charge is 0.0894 e. The Balaban J connectivity index is 1.74. The highest BCUT2D eigenvalue weighted by Gasteiger charge is 2.16. The number of hydrogen-bond donors (Lipinski definition) is 1. The number of aliphatic hydroxyl groups is 1. The van der Waals surface area contributed by atoms with E-state index in [4.69, 9.17) is 0 Å². The van der Waals surface area contributed by atoms with Crippen molar-refractivity contribution in [3.8, 4) is 0 Å². The minimum atomic E-state index is -0.314. The molecule has 1 aliphatic rings. The molecule has 2 heterocycles. The summed E-state index contributed by atoms with van der Waals surface area (Å²) >= 11 is 5.05. The number of halogens is 1. The van der Waals surface area contributed by atoms with Gasteiger partial charge >= 0.3 is 0 Å². The Morgan fingerprint density at radius 3 is 2.65 bits per heavy atom. The fourth-order valence-corrected chi connectivity index (χ4v) is 3.47. The van der Waals surface area contributed by atoms with Crippen LogP contribution in [0, 0.1) is 0 Å². The first-order valence-corrected chi connectivity index (χ1v) is 7.60. The minimum Gasteiger partial charge on any atom is -0.388 e. The lowest BCUT2D eigenvalue weighted by Crippen LogP contribution is -2.44. The first kappa shape index (κ1) is 13.5. The molecule has 0 amide bonds. The topological polar surface area (TPSA) is 26.7 Å². The zero-order valence-electron chi connectivity index (χ0n) is 10.1. The molecule has 5 heteroatoms. The van der Waals surface area contributed by atoms with Gasteiger partial charge < -0.3 is 14.9 Å². The molecule has 96 valence electrons. The van der Waals surface area contributed by atoms with Crippen LogP contribution in [0.5, 0.6) is 0 Å². The Bertz CT molecular complexity index is 350. The molecule has 0 aliphatic carbocycles. The number of nitrogens with zero attached hydrogens (tertiary/aromatic N) is 2. The third-order valence-corrected chi connectivity index (χ3v) is 4.96. The first-order valence-electron chi connectivity index (χ1n) is 5.99. The number of thiophene rings is 1. The van der Waals surface area contributed by atoms with Gasteiger partial charge in [-0.2, -0.15) is 0 Å². The molecule has 0 radical (unpaired) electrons. The van der Waals surface area contributed by atoms with Gasteiger partial charge in [0, 0.05) is 37.6 Å². The molecule has 1 saturated heterocycles. The van der Waals surface area contributed by atoms with Crippen LogP contribution in [0.1, 0.15) is 17.4 Å². The second kappa shape index (κ2) is 6.29. The van der Waals surface area contributed by atoms with E-state index in [2.05, 4.69) is 32.8 Å². The summed E-state index contributed by atoms with van der Waals surface area (Å²) in [7, 11) is 2.16. The Kier molecular flexibility index (Phi) is 4.99. The van der Waals surface area contributed by atoms with Gasteiger partial charge in [0.05, 0.1) is 9.89 Å². The van der Waals surface area contributed by atoms with Gasteiger partial charge in [-0.3, -0.25) is 0 Å². The molecule has 1 atom stereocenters. The summed E-state index contributed by atoms with van der Waals surface area (Å²) < 4.78 is 1.09. The van der Waals surface area contributed by atoms with Gasteiger partial charge in [-0.15, -0.1) is 11.3 Å². The number of piperazine rings is 1. The molecule has 0 saturated carbocycles. The summed E-state index contributed by atoms with van der Waals surface area (Å²) in [6, 6.07) is 4.00. The molecule has 17 heavy (non-hydrogen) atoms. The number of aliphatic hydroxyl groups excluding tert-OH is 1. The molecule has 1 fully saturated rings. The summed E-state index contributed by atoms with van der Waals surface area (Å²) in [6.07, 6.45) is 0.516. The maximum absolute atomic E-state index is 10.1. The van der Waals surface area contributed by atoms with Gasteiger partial charge in [0.1, 0.15) is 0 Å². The predicted molar refractivity (Wildman–Crippen MR) is 75.5 cm³/mol. The molecule has 1 aromatic heterocycles. The minimum absolute atomic E-state index is 0.314. The van der Waals surface area contributed by atoms with E-state index in [9.17, 15) is 5.11 Å². The molecule has 1 aromatic rings. The van der Waals surface area contributed by atoms with E-state index in [0.29, 0.717) is 0 Å². The van der Waals surface area contributed by atoms with Crippen LogP contribution in [-0.2, 0) is 0 Å². The predicted octanol–water partition coefficient (Wildman–Crippen LogP) is 2.18. The van der Waals surface area contributed by atoms with E-state index in [1.54, 1.807) is 11.3 Å². The molecule has 0 bridgehead atoms. The van der Waals surface area contributed by atoms with Crippen molar-refractivity contribution in [2.75, 3.05) is 39.8 Å². The molecule has 1 aliphatic heterocycles. The van der Waals surface area contributed by atoms with Gasteiger partial charge in [0.2, 0.25) is 0 Å². The van der Waals surface area contributed by atoms with Crippen molar-refractivity contribution in [1.29, 1.82) is 0 Å². The van der Waals surface area contributed by atoms with Crippen LogP contribution in [0.15, 0.2) is 15.9 Å². The SMILES string of the molecule is CN1CCN(CCC(O)c2ccc(Br)s2)CC1. The maximum atomic E-state index is 10.1. The lowest BCUT2D eigenvalue weighted by atomic mass is 10.2. The van der Waals surface area contributed by atoms with Crippen LogP contribution in [0.25, 0.3) is 0 Å². The van der Waals surface area contributed by atoms with Crippen molar-refractivity contribution in [2.24, 2.45) is 0 Å². The highest BCUT2D eigenvalue weighted by molar-refractivity contribution is 9.11. The third kappa shape index (κ3) is 4.03. The standard InChI is InChI=1S/C12H19BrN2OS/c1-14-6-8-15(9-7-14)5-4-10(16)11-2-3-12(13)17-11/h2-3,10,16H,4-9H2,1H3. The van der Waals surface area contributed by atoms with Crippen molar-refractivity contribution in [3.05, 3.63) is 20.8 Å². The highest BCUT2D eigenvalue weighted by atomic mass is 79.9. The van der Waals surface area contributed by atoms with E-state index in [0.717, 1.165) is 47.8 Å². The molecule has 1 N–H and O–H groups in total. The number of rotatable bonds is 4. The maximum Gasteiger partial charge on any atom is 0.0894 e. The molecule has 1 unspecified atom stereocenters. The highest BCUT2D eigenvalue weighted by Crippen LogP contribution is 2.28. The van der Waals surface area contributed by atoms with Gasteiger partial charge in [-0.25, -0.2) is 0 Å².